The maximum atomic E-state index is 12.6. The maximum Gasteiger partial charge on any atom is 0.341 e. The van der Waals surface area contributed by atoms with Gasteiger partial charge in [0.05, 0.1) is 23.7 Å². The predicted octanol–water partition coefficient (Wildman–Crippen LogP) is 4.05. The molecule has 0 unspecified atom stereocenters. The Hall–Kier alpha value is -2.71. The zero-order chi connectivity index (χ0) is 21.0. The van der Waals surface area contributed by atoms with Crippen LogP contribution in [0.2, 0.25) is 0 Å². The lowest BCUT2D eigenvalue weighted by atomic mass is 10.1. The zero-order valence-corrected chi connectivity index (χ0v) is 17.7. The van der Waals surface area contributed by atoms with Crippen molar-refractivity contribution in [2.75, 3.05) is 17.7 Å². The molecular weight excluding hydrogens is 410 g/mol. The van der Waals surface area contributed by atoms with Gasteiger partial charge < -0.3 is 10.1 Å². The van der Waals surface area contributed by atoms with Gasteiger partial charge in [0, 0.05) is 10.1 Å². The van der Waals surface area contributed by atoms with Crippen LogP contribution in [0.3, 0.4) is 0 Å². The second-order valence-corrected chi connectivity index (χ2v) is 9.63. The number of benzene rings is 2. The summed E-state index contributed by atoms with van der Waals surface area (Å²) in [5, 5.41) is 3.99. The number of amides is 1. The first-order valence-corrected chi connectivity index (χ1v) is 11.6. The van der Waals surface area contributed by atoms with Crippen molar-refractivity contribution in [3.05, 3.63) is 59.7 Å². The van der Waals surface area contributed by atoms with Crippen LogP contribution in [0.15, 0.2) is 53.4 Å². The minimum absolute atomic E-state index is 0.0232. The first-order valence-electron chi connectivity index (χ1n) is 9.16. The summed E-state index contributed by atoms with van der Waals surface area (Å²) in [6.45, 7) is 3.55. The first-order chi connectivity index (χ1) is 13.9. The number of carbonyl (C=O) groups is 2. The van der Waals surface area contributed by atoms with Crippen LogP contribution >= 0.6 is 11.3 Å². The van der Waals surface area contributed by atoms with Crippen LogP contribution in [0.5, 0.6) is 0 Å². The number of sulfone groups is 1. The van der Waals surface area contributed by atoms with Crippen molar-refractivity contribution in [1.82, 2.24) is 0 Å². The van der Waals surface area contributed by atoms with Crippen molar-refractivity contribution >= 4 is 48.1 Å². The maximum absolute atomic E-state index is 12.6. The largest absolute Gasteiger partial charge is 0.462 e. The third-order valence-corrected chi connectivity index (χ3v) is 7.19. The van der Waals surface area contributed by atoms with E-state index in [0.717, 1.165) is 10.1 Å². The first kappa shape index (κ1) is 21.0. The van der Waals surface area contributed by atoms with Gasteiger partial charge in [0.15, 0.2) is 9.84 Å². The molecule has 0 fully saturated rings. The second kappa shape index (κ2) is 8.75. The van der Waals surface area contributed by atoms with Crippen molar-refractivity contribution < 1.29 is 22.7 Å². The molecule has 8 heteroatoms. The molecule has 0 saturated heterocycles. The Bertz CT molecular complexity index is 1150. The third-order valence-electron chi connectivity index (χ3n) is 4.36. The molecule has 0 aliphatic carbocycles. The lowest BCUT2D eigenvalue weighted by molar-refractivity contribution is -0.115. The lowest BCUT2D eigenvalue weighted by Gasteiger charge is -2.07. The summed E-state index contributed by atoms with van der Waals surface area (Å²) in [6, 6.07) is 13.7. The molecule has 6 nitrogen and oxygen atoms in total. The summed E-state index contributed by atoms with van der Waals surface area (Å²) >= 11 is 1.31. The van der Waals surface area contributed by atoms with Crippen molar-refractivity contribution in [2.45, 2.75) is 25.2 Å². The molecule has 0 radical (unpaired) electrons. The van der Waals surface area contributed by atoms with Crippen molar-refractivity contribution in [2.24, 2.45) is 0 Å². The van der Waals surface area contributed by atoms with E-state index in [-0.39, 0.29) is 29.6 Å². The number of ether oxygens (including phenoxy) is 1. The summed E-state index contributed by atoms with van der Waals surface area (Å²) in [5.41, 5.74) is 1.03. The molecule has 1 amide bonds. The Balaban J connectivity index is 1.81. The second-order valence-electron chi connectivity index (χ2n) is 6.30. The van der Waals surface area contributed by atoms with E-state index in [1.165, 1.54) is 23.5 Å². The van der Waals surface area contributed by atoms with Gasteiger partial charge in [-0.1, -0.05) is 37.3 Å². The molecule has 1 aromatic heterocycles. The van der Waals surface area contributed by atoms with Gasteiger partial charge in [-0.15, -0.1) is 11.3 Å². The van der Waals surface area contributed by atoms with Crippen LogP contribution in [0.4, 0.5) is 5.00 Å². The Morgan fingerprint density at radius 1 is 1.03 bits per heavy atom. The Kier molecular flexibility index (Phi) is 6.34. The van der Waals surface area contributed by atoms with E-state index in [9.17, 15) is 18.0 Å². The summed E-state index contributed by atoms with van der Waals surface area (Å²) in [5.74, 6) is -0.752. The minimum Gasteiger partial charge on any atom is -0.462 e. The van der Waals surface area contributed by atoms with Crippen LogP contribution in [0, 0.1) is 0 Å². The van der Waals surface area contributed by atoms with Crippen LogP contribution in [-0.2, 0) is 25.8 Å². The van der Waals surface area contributed by atoms with Crippen molar-refractivity contribution in [3.8, 4) is 0 Å². The molecule has 152 valence electrons. The Morgan fingerprint density at radius 3 is 2.38 bits per heavy atom. The molecule has 29 heavy (non-hydrogen) atoms. The summed E-state index contributed by atoms with van der Waals surface area (Å²) in [6.07, 6.45) is 0.0585. The van der Waals surface area contributed by atoms with Crippen molar-refractivity contribution in [1.29, 1.82) is 0 Å². The Morgan fingerprint density at radius 2 is 1.72 bits per heavy atom. The molecule has 2 aromatic carbocycles. The van der Waals surface area contributed by atoms with Crippen molar-refractivity contribution in [3.63, 3.8) is 0 Å². The molecule has 3 rings (SSSR count). The van der Waals surface area contributed by atoms with Gasteiger partial charge in [0.2, 0.25) is 5.91 Å². The number of esters is 1. The molecular formula is C21H21NO5S2. The Labute approximate surface area is 173 Å². The highest BCUT2D eigenvalue weighted by Crippen LogP contribution is 2.36. The quantitative estimate of drug-likeness (QED) is 0.570. The predicted molar refractivity (Wildman–Crippen MR) is 114 cm³/mol. The van der Waals surface area contributed by atoms with Gasteiger partial charge >= 0.3 is 5.97 Å². The number of hydrogen-bond acceptors (Lipinski definition) is 6. The molecule has 0 aliphatic heterocycles. The average molecular weight is 432 g/mol. The highest BCUT2D eigenvalue weighted by Gasteiger charge is 2.21. The number of rotatable bonds is 7. The van der Waals surface area contributed by atoms with Gasteiger partial charge in [-0.05, 0) is 30.7 Å². The summed E-state index contributed by atoms with van der Waals surface area (Å²) in [4.78, 5) is 25.2. The number of anilines is 1. The van der Waals surface area contributed by atoms with Crippen LogP contribution in [-0.4, -0.2) is 32.7 Å². The van der Waals surface area contributed by atoms with E-state index in [1.54, 1.807) is 26.0 Å². The number of hydrogen-bond donors (Lipinski definition) is 1. The van der Waals surface area contributed by atoms with E-state index in [1.807, 2.05) is 24.3 Å². The van der Waals surface area contributed by atoms with Gasteiger partial charge in [0.1, 0.15) is 10.6 Å². The number of nitrogens with one attached hydrogen (secondary N) is 1. The summed E-state index contributed by atoms with van der Waals surface area (Å²) < 4.78 is 29.8. The number of thiophene rings is 1. The van der Waals surface area contributed by atoms with Gasteiger partial charge in [-0.25, -0.2) is 13.2 Å². The molecule has 0 spiro atoms. The standard InChI is InChI=1S/C21H21NO5S2/c1-3-27-21(24)19-16-7-5-6-8-17(16)28-20(19)22-18(23)13-14-9-11-15(12-10-14)29(25,26)4-2/h5-12H,3-4,13H2,1-2H3,(H,22,23). The fourth-order valence-corrected chi connectivity index (χ4v) is 4.87. The molecule has 0 saturated carbocycles. The van der Waals surface area contributed by atoms with Crippen LogP contribution in [0.25, 0.3) is 10.1 Å². The molecule has 3 aromatic rings. The minimum atomic E-state index is -3.28. The van der Waals surface area contributed by atoms with E-state index in [0.29, 0.717) is 16.1 Å². The number of fused-ring (bicyclic) bond motifs is 1. The van der Waals surface area contributed by atoms with Gasteiger partial charge in [0.25, 0.3) is 0 Å². The fraction of sp³-hybridized carbons (Fsp3) is 0.238. The van der Waals surface area contributed by atoms with E-state index >= 15 is 0 Å². The smallest absolute Gasteiger partial charge is 0.341 e. The van der Waals surface area contributed by atoms with E-state index < -0.39 is 15.8 Å². The lowest BCUT2D eigenvalue weighted by Crippen LogP contribution is -2.16. The van der Waals surface area contributed by atoms with Gasteiger partial charge in [-0.2, -0.15) is 0 Å². The molecule has 0 aliphatic rings. The summed E-state index contributed by atoms with van der Waals surface area (Å²) in [7, 11) is -3.28. The zero-order valence-electron chi connectivity index (χ0n) is 16.1. The molecule has 1 heterocycles. The molecule has 0 bridgehead atoms. The highest BCUT2D eigenvalue weighted by molar-refractivity contribution is 7.91. The van der Waals surface area contributed by atoms with Crippen LogP contribution < -0.4 is 5.32 Å². The highest BCUT2D eigenvalue weighted by atomic mass is 32.2. The number of carbonyl (C=O) groups excluding carboxylic acids is 2. The fourth-order valence-electron chi connectivity index (χ4n) is 2.88. The van der Waals surface area contributed by atoms with E-state index in [4.69, 9.17) is 4.74 Å². The topological polar surface area (TPSA) is 89.5 Å². The monoisotopic (exact) mass is 431 g/mol. The van der Waals surface area contributed by atoms with E-state index in [2.05, 4.69) is 5.32 Å². The normalized spacial score (nSPS) is 11.4. The SMILES string of the molecule is CCOC(=O)c1c(NC(=O)Cc2ccc(S(=O)(=O)CC)cc2)sc2ccccc12. The van der Waals surface area contributed by atoms with Gasteiger partial charge in [-0.3, -0.25) is 4.79 Å². The van der Waals surface area contributed by atoms with Crippen LogP contribution in [0.1, 0.15) is 29.8 Å². The molecule has 1 N–H and O–H groups in total. The third kappa shape index (κ3) is 4.65. The molecule has 0 atom stereocenters. The average Bonchev–Trinajstić information content (AvgIpc) is 3.06.